The Labute approximate surface area is 105 Å². The molecular weight excluding hydrogens is 236 g/mol. The lowest BCUT2D eigenvalue weighted by Gasteiger charge is -2.25. The van der Waals surface area contributed by atoms with Crippen LogP contribution >= 0.6 is 0 Å². The van der Waals surface area contributed by atoms with Gasteiger partial charge < -0.3 is 26.4 Å². The number of nitrogens with two attached hydrogens (primary N) is 1. The van der Waals surface area contributed by atoms with Gasteiger partial charge in [-0.1, -0.05) is 6.07 Å². The Morgan fingerprint density at radius 3 is 2.44 bits per heavy atom. The van der Waals surface area contributed by atoms with Crippen molar-refractivity contribution in [2.45, 2.75) is 32.4 Å². The Morgan fingerprint density at radius 1 is 1.28 bits per heavy atom. The molecule has 100 valence electrons. The first-order chi connectivity index (χ1) is 8.23. The van der Waals surface area contributed by atoms with E-state index in [0.717, 1.165) is 0 Å². The van der Waals surface area contributed by atoms with Crippen LogP contribution in [0.2, 0.25) is 0 Å². The van der Waals surface area contributed by atoms with Crippen molar-refractivity contribution in [3.8, 4) is 17.2 Å². The highest BCUT2D eigenvalue weighted by atomic mass is 16.3. The van der Waals surface area contributed by atoms with Gasteiger partial charge in [0.05, 0.1) is 0 Å². The predicted octanol–water partition coefficient (Wildman–Crippen LogP) is 0.547. The minimum absolute atomic E-state index is 0.151. The second kappa shape index (κ2) is 5.14. The third-order valence-electron chi connectivity index (χ3n) is 2.59. The average Bonchev–Trinajstić information content (AvgIpc) is 2.23. The number of nitrogens with one attached hydrogen (secondary N) is 1. The van der Waals surface area contributed by atoms with Crippen LogP contribution in [0, 0.1) is 0 Å². The fourth-order valence-electron chi connectivity index (χ4n) is 1.59. The molecule has 0 aromatic heterocycles. The van der Waals surface area contributed by atoms with Crippen molar-refractivity contribution in [1.82, 2.24) is 5.32 Å². The van der Waals surface area contributed by atoms with Crippen LogP contribution in [-0.4, -0.2) is 26.8 Å². The van der Waals surface area contributed by atoms with E-state index in [9.17, 15) is 20.1 Å². The highest BCUT2D eigenvalue weighted by Gasteiger charge is 2.21. The van der Waals surface area contributed by atoms with Crippen LogP contribution in [0.15, 0.2) is 12.1 Å². The molecule has 18 heavy (non-hydrogen) atoms. The summed E-state index contributed by atoms with van der Waals surface area (Å²) in [5, 5.41) is 31.2. The summed E-state index contributed by atoms with van der Waals surface area (Å²) in [6.45, 7) is 3.84. The lowest BCUT2D eigenvalue weighted by molar-refractivity contribution is -0.119. The fraction of sp³-hybridized carbons (Fsp3) is 0.417. The van der Waals surface area contributed by atoms with Crippen LogP contribution in [0.1, 0.15) is 25.8 Å². The number of amides is 1. The largest absolute Gasteiger partial charge is 0.504 e. The number of hydrogen-bond acceptors (Lipinski definition) is 5. The Morgan fingerprint density at radius 2 is 1.89 bits per heavy atom. The molecule has 0 fully saturated rings. The zero-order valence-corrected chi connectivity index (χ0v) is 10.4. The van der Waals surface area contributed by atoms with Gasteiger partial charge in [-0.2, -0.15) is 0 Å². The molecule has 0 atom stereocenters. The van der Waals surface area contributed by atoms with Gasteiger partial charge in [0.15, 0.2) is 11.5 Å². The number of aromatic hydroxyl groups is 3. The van der Waals surface area contributed by atoms with Crippen molar-refractivity contribution in [3.63, 3.8) is 0 Å². The number of hydrogen-bond donors (Lipinski definition) is 5. The van der Waals surface area contributed by atoms with Gasteiger partial charge in [-0.25, -0.2) is 0 Å². The molecule has 0 radical (unpaired) electrons. The van der Waals surface area contributed by atoms with E-state index in [0.29, 0.717) is 5.56 Å². The molecule has 6 heteroatoms. The van der Waals surface area contributed by atoms with E-state index in [1.54, 1.807) is 13.8 Å². The molecule has 6 nitrogen and oxygen atoms in total. The second-order valence-corrected chi connectivity index (χ2v) is 4.82. The zero-order chi connectivity index (χ0) is 13.9. The van der Waals surface area contributed by atoms with E-state index in [1.807, 2.05) is 0 Å². The van der Waals surface area contributed by atoms with Crippen LogP contribution in [-0.2, 0) is 11.3 Å². The SMILES string of the molecule is CC(C)(CC(N)=O)NCc1ccc(O)c(O)c1O. The molecule has 6 N–H and O–H groups in total. The van der Waals surface area contributed by atoms with Crippen molar-refractivity contribution in [2.75, 3.05) is 0 Å². The third-order valence-corrected chi connectivity index (χ3v) is 2.59. The van der Waals surface area contributed by atoms with Crippen molar-refractivity contribution < 1.29 is 20.1 Å². The molecule has 0 aliphatic carbocycles. The summed E-state index contributed by atoms with van der Waals surface area (Å²) in [5.41, 5.74) is 5.02. The average molecular weight is 254 g/mol. The van der Waals surface area contributed by atoms with E-state index in [2.05, 4.69) is 5.32 Å². The maximum absolute atomic E-state index is 10.9. The lowest BCUT2D eigenvalue weighted by atomic mass is 9.99. The maximum Gasteiger partial charge on any atom is 0.219 e. The molecule has 0 aliphatic heterocycles. The van der Waals surface area contributed by atoms with E-state index in [1.165, 1.54) is 12.1 Å². The van der Waals surface area contributed by atoms with Gasteiger partial charge >= 0.3 is 0 Å². The number of phenols is 3. The number of phenolic OH excluding ortho intramolecular Hbond substituents is 3. The normalized spacial score (nSPS) is 11.4. The second-order valence-electron chi connectivity index (χ2n) is 4.82. The molecule has 1 aromatic rings. The number of benzene rings is 1. The van der Waals surface area contributed by atoms with Crippen molar-refractivity contribution >= 4 is 5.91 Å². The summed E-state index contributed by atoms with van der Waals surface area (Å²) >= 11 is 0. The molecule has 0 saturated carbocycles. The Kier molecular flexibility index (Phi) is 4.03. The predicted molar refractivity (Wildman–Crippen MR) is 66.2 cm³/mol. The molecule has 0 aliphatic rings. The van der Waals surface area contributed by atoms with Crippen LogP contribution < -0.4 is 11.1 Å². The summed E-state index contributed by atoms with van der Waals surface area (Å²) in [5.74, 6) is -1.74. The van der Waals surface area contributed by atoms with Crippen molar-refractivity contribution in [3.05, 3.63) is 17.7 Å². The third kappa shape index (κ3) is 3.53. The standard InChI is InChI=1S/C12H18N2O4/c1-12(2,5-9(13)16)14-6-7-3-4-8(15)11(18)10(7)17/h3-4,14-15,17-18H,5-6H2,1-2H3,(H2,13,16). The molecule has 0 bridgehead atoms. The van der Waals surface area contributed by atoms with Crippen LogP contribution in [0.4, 0.5) is 0 Å². The van der Waals surface area contributed by atoms with Gasteiger partial charge in [-0.15, -0.1) is 0 Å². The monoisotopic (exact) mass is 254 g/mol. The lowest BCUT2D eigenvalue weighted by Crippen LogP contribution is -2.42. The molecule has 1 aromatic carbocycles. The summed E-state index contributed by atoms with van der Waals surface area (Å²) in [6, 6.07) is 2.77. The number of primary amides is 1. The number of carbonyl (C=O) groups is 1. The first-order valence-corrected chi connectivity index (χ1v) is 5.49. The van der Waals surface area contributed by atoms with E-state index in [-0.39, 0.29) is 24.5 Å². The minimum atomic E-state index is -0.554. The highest BCUT2D eigenvalue weighted by molar-refractivity contribution is 5.75. The Hall–Kier alpha value is -1.95. The van der Waals surface area contributed by atoms with Gasteiger partial charge in [0.25, 0.3) is 0 Å². The molecule has 1 rings (SSSR count). The van der Waals surface area contributed by atoms with Gasteiger partial charge in [0.2, 0.25) is 11.7 Å². The first-order valence-electron chi connectivity index (χ1n) is 5.49. The van der Waals surface area contributed by atoms with Gasteiger partial charge in [-0.05, 0) is 19.9 Å². The van der Waals surface area contributed by atoms with E-state index in [4.69, 9.17) is 5.73 Å². The van der Waals surface area contributed by atoms with Crippen LogP contribution in [0.25, 0.3) is 0 Å². The maximum atomic E-state index is 10.9. The van der Waals surface area contributed by atoms with E-state index >= 15 is 0 Å². The molecule has 0 spiro atoms. The van der Waals surface area contributed by atoms with Gasteiger partial charge in [0.1, 0.15) is 0 Å². The molecular formula is C12H18N2O4. The number of carbonyl (C=O) groups excluding carboxylic acids is 1. The number of rotatable bonds is 5. The van der Waals surface area contributed by atoms with Gasteiger partial charge in [-0.3, -0.25) is 4.79 Å². The topological polar surface area (TPSA) is 116 Å². The van der Waals surface area contributed by atoms with Crippen molar-refractivity contribution in [2.24, 2.45) is 5.73 Å². The molecule has 0 saturated heterocycles. The quantitative estimate of drug-likeness (QED) is 0.492. The Bertz CT molecular complexity index is 458. The first kappa shape index (κ1) is 14.1. The summed E-state index contributed by atoms with van der Waals surface area (Å²) in [7, 11) is 0. The molecule has 0 heterocycles. The van der Waals surface area contributed by atoms with Crippen LogP contribution in [0.5, 0.6) is 17.2 Å². The zero-order valence-electron chi connectivity index (χ0n) is 10.4. The molecule has 0 unspecified atom stereocenters. The minimum Gasteiger partial charge on any atom is -0.504 e. The summed E-state index contributed by atoms with van der Waals surface area (Å²) in [6.07, 6.45) is 0.151. The van der Waals surface area contributed by atoms with Crippen molar-refractivity contribution in [1.29, 1.82) is 0 Å². The molecule has 1 amide bonds. The summed E-state index contributed by atoms with van der Waals surface area (Å²) in [4.78, 5) is 10.9. The van der Waals surface area contributed by atoms with Gasteiger partial charge in [0, 0.05) is 24.1 Å². The highest BCUT2D eigenvalue weighted by Crippen LogP contribution is 2.37. The fourth-order valence-corrected chi connectivity index (χ4v) is 1.59. The Balaban J connectivity index is 2.75. The smallest absolute Gasteiger partial charge is 0.219 e. The van der Waals surface area contributed by atoms with E-state index < -0.39 is 17.2 Å². The van der Waals surface area contributed by atoms with Crippen LogP contribution in [0.3, 0.4) is 0 Å². The summed E-state index contributed by atoms with van der Waals surface area (Å²) < 4.78 is 0.